The Bertz CT molecular complexity index is 650. The molecule has 2 aromatic heterocycles. The number of nitrogens with zero attached hydrogens (tertiary/aromatic N) is 6. The third-order valence-corrected chi connectivity index (χ3v) is 4.58. The summed E-state index contributed by atoms with van der Waals surface area (Å²) in [6.45, 7) is 5.67. The predicted octanol–water partition coefficient (Wildman–Crippen LogP) is 0.463. The normalized spacial score (nSPS) is 27.2. The maximum absolute atomic E-state index is 12.4. The summed E-state index contributed by atoms with van der Waals surface area (Å²) in [6, 6.07) is 0.314. The van der Waals surface area contributed by atoms with Gasteiger partial charge in [0.25, 0.3) is 5.91 Å². The van der Waals surface area contributed by atoms with Crippen LogP contribution in [-0.4, -0.2) is 54.1 Å². The van der Waals surface area contributed by atoms with Crippen molar-refractivity contribution >= 4 is 5.91 Å². The number of hydrogen-bond donors (Lipinski definition) is 1. The van der Waals surface area contributed by atoms with Crippen molar-refractivity contribution in [1.82, 2.24) is 35.1 Å². The first-order chi connectivity index (χ1) is 10.1. The number of rotatable bonds is 3. The summed E-state index contributed by atoms with van der Waals surface area (Å²) >= 11 is 0. The maximum Gasteiger partial charge on any atom is 0.274 e. The van der Waals surface area contributed by atoms with Gasteiger partial charge in [0.15, 0.2) is 5.82 Å². The van der Waals surface area contributed by atoms with Crippen molar-refractivity contribution in [2.24, 2.45) is 11.8 Å². The lowest BCUT2D eigenvalue weighted by Gasteiger charge is -2.18. The average Bonchev–Trinajstić information content (AvgIpc) is 3.04. The number of H-pyrrole nitrogens is 1. The van der Waals surface area contributed by atoms with Crippen molar-refractivity contribution in [3.05, 3.63) is 24.0 Å². The third kappa shape index (κ3) is 1.93. The van der Waals surface area contributed by atoms with Gasteiger partial charge in [-0.25, -0.2) is 10.1 Å². The molecule has 1 aliphatic carbocycles. The number of hydrogen-bond acceptors (Lipinski definition) is 5. The Morgan fingerprint density at radius 2 is 2.14 bits per heavy atom. The monoisotopic (exact) mass is 287 g/mol. The molecule has 8 nitrogen and oxygen atoms in total. The number of tetrazole rings is 1. The van der Waals surface area contributed by atoms with Gasteiger partial charge in [0.2, 0.25) is 0 Å². The minimum absolute atomic E-state index is 0.0241. The highest BCUT2D eigenvalue weighted by Gasteiger charge is 2.59. The summed E-state index contributed by atoms with van der Waals surface area (Å²) in [5.41, 5.74) is 0.530. The highest BCUT2D eigenvalue weighted by atomic mass is 16.2. The van der Waals surface area contributed by atoms with Gasteiger partial charge in [-0.1, -0.05) is 0 Å². The summed E-state index contributed by atoms with van der Waals surface area (Å²) in [4.78, 5) is 18.6. The SMILES string of the molecule is CC(C)n1cnc(C(=O)N2C[C@@H]3C(c4nnn[nH]4)[C@@H]3C2)c1. The van der Waals surface area contributed by atoms with Gasteiger partial charge in [-0.2, -0.15) is 0 Å². The van der Waals surface area contributed by atoms with Crippen molar-refractivity contribution in [1.29, 1.82) is 0 Å². The second-order valence-corrected chi connectivity index (χ2v) is 6.15. The highest BCUT2D eigenvalue weighted by molar-refractivity contribution is 5.92. The Morgan fingerprint density at radius 1 is 1.38 bits per heavy atom. The average molecular weight is 287 g/mol. The van der Waals surface area contributed by atoms with Crippen molar-refractivity contribution in [2.45, 2.75) is 25.8 Å². The van der Waals surface area contributed by atoms with Crippen LogP contribution in [-0.2, 0) is 0 Å². The number of likely N-dealkylation sites (tertiary alicyclic amines) is 1. The number of aromatic amines is 1. The van der Waals surface area contributed by atoms with Gasteiger partial charge in [-0.15, -0.1) is 5.10 Å². The zero-order valence-corrected chi connectivity index (χ0v) is 12.0. The molecular formula is C13H17N7O. The summed E-state index contributed by atoms with van der Waals surface area (Å²) < 4.78 is 1.95. The molecule has 110 valence electrons. The minimum Gasteiger partial charge on any atom is -0.337 e. The molecule has 0 spiro atoms. The first kappa shape index (κ1) is 12.5. The van der Waals surface area contributed by atoms with Gasteiger partial charge in [0.1, 0.15) is 5.69 Å². The molecule has 1 saturated heterocycles. The first-order valence-electron chi connectivity index (χ1n) is 7.21. The second kappa shape index (κ2) is 4.37. The van der Waals surface area contributed by atoms with Crippen LogP contribution < -0.4 is 0 Å². The smallest absolute Gasteiger partial charge is 0.274 e. The number of carbonyl (C=O) groups excluding carboxylic acids is 1. The van der Waals surface area contributed by atoms with E-state index in [1.54, 1.807) is 6.33 Å². The van der Waals surface area contributed by atoms with Crippen LogP contribution in [0.25, 0.3) is 0 Å². The van der Waals surface area contributed by atoms with Crippen LogP contribution >= 0.6 is 0 Å². The molecule has 21 heavy (non-hydrogen) atoms. The van der Waals surface area contributed by atoms with Gasteiger partial charge in [0, 0.05) is 31.2 Å². The van der Waals surface area contributed by atoms with E-state index in [4.69, 9.17) is 0 Å². The molecule has 0 radical (unpaired) electrons. The van der Waals surface area contributed by atoms with Crippen LogP contribution in [0.4, 0.5) is 0 Å². The quantitative estimate of drug-likeness (QED) is 0.885. The summed E-state index contributed by atoms with van der Waals surface area (Å²) in [6.07, 6.45) is 3.55. The lowest BCUT2D eigenvalue weighted by Crippen LogP contribution is -2.31. The van der Waals surface area contributed by atoms with E-state index in [0.717, 1.165) is 18.9 Å². The fraction of sp³-hybridized carbons (Fsp3) is 0.615. The molecule has 3 heterocycles. The molecule has 1 unspecified atom stereocenters. The van der Waals surface area contributed by atoms with Crippen molar-refractivity contribution in [2.75, 3.05) is 13.1 Å². The summed E-state index contributed by atoms with van der Waals surface area (Å²) in [5, 5.41) is 14.0. The predicted molar refractivity (Wildman–Crippen MR) is 72.4 cm³/mol. The number of amides is 1. The number of aromatic nitrogens is 6. The Morgan fingerprint density at radius 3 is 2.71 bits per heavy atom. The molecule has 2 aliphatic rings. The molecule has 1 amide bonds. The largest absolute Gasteiger partial charge is 0.337 e. The highest BCUT2D eigenvalue weighted by Crippen LogP contribution is 2.57. The van der Waals surface area contributed by atoms with Crippen LogP contribution in [0.15, 0.2) is 12.5 Å². The molecule has 4 rings (SSSR count). The number of nitrogens with one attached hydrogen (secondary N) is 1. The molecule has 2 aromatic rings. The number of carbonyl (C=O) groups is 1. The van der Waals surface area contributed by atoms with E-state index in [9.17, 15) is 4.79 Å². The van der Waals surface area contributed by atoms with Crippen LogP contribution in [0.2, 0.25) is 0 Å². The third-order valence-electron chi connectivity index (χ3n) is 4.58. The van der Waals surface area contributed by atoms with Crippen molar-refractivity contribution in [3.63, 3.8) is 0 Å². The van der Waals surface area contributed by atoms with Crippen molar-refractivity contribution < 1.29 is 4.79 Å². The molecule has 1 N–H and O–H groups in total. The fourth-order valence-corrected chi connectivity index (χ4v) is 3.30. The first-order valence-corrected chi connectivity index (χ1v) is 7.21. The van der Waals surface area contributed by atoms with E-state index in [1.807, 2.05) is 15.7 Å². The van der Waals surface area contributed by atoms with Gasteiger partial charge in [-0.3, -0.25) is 4.79 Å². The summed E-state index contributed by atoms with van der Waals surface area (Å²) in [5.74, 6) is 2.22. The Balaban J connectivity index is 1.42. The zero-order chi connectivity index (χ0) is 14.6. The van der Waals surface area contributed by atoms with E-state index >= 15 is 0 Å². The van der Waals surface area contributed by atoms with E-state index < -0.39 is 0 Å². The molecule has 3 atom stereocenters. The van der Waals surface area contributed by atoms with Gasteiger partial charge in [0.05, 0.1) is 6.33 Å². The molecule has 8 heteroatoms. The Labute approximate surface area is 121 Å². The Kier molecular flexibility index (Phi) is 2.60. The Hall–Kier alpha value is -2.25. The molecular weight excluding hydrogens is 270 g/mol. The van der Waals surface area contributed by atoms with E-state index in [1.165, 1.54) is 0 Å². The molecule has 0 bridgehead atoms. The van der Waals surface area contributed by atoms with Gasteiger partial charge >= 0.3 is 0 Å². The maximum atomic E-state index is 12.4. The van der Waals surface area contributed by atoms with E-state index in [0.29, 0.717) is 29.5 Å². The lowest BCUT2D eigenvalue weighted by molar-refractivity contribution is 0.0767. The van der Waals surface area contributed by atoms with Crippen LogP contribution in [0.5, 0.6) is 0 Å². The zero-order valence-electron chi connectivity index (χ0n) is 12.0. The molecule has 1 saturated carbocycles. The topological polar surface area (TPSA) is 92.6 Å². The van der Waals surface area contributed by atoms with E-state index in [-0.39, 0.29) is 5.91 Å². The van der Waals surface area contributed by atoms with Crippen LogP contribution in [0.3, 0.4) is 0 Å². The molecule has 1 aliphatic heterocycles. The number of imidazole rings is 1. The number of fused-ring (bicyclic) bond motifs is 1. The standard InChI is InChI=1S/C13H17N7O/c1-7(2)20-5-10(14-6-20)13(21)19-3-8-9(4-19)11(8)12-15-17-18-16-12/h5-9,11H,3-4H2,1-2H3,(H,15,16,17,18)/t8-,9+,11?. The van der Waals surface area contributed by atoms with Crippen LogP contribution in [0.1, 0.15) is 42.1 Å². The molecule has 0 aromatic carbocycles. The van der Waals surface area contributed by atoms with Crippen LogP contribution in [0, 0.1) is 11.8 Å². The lowest BCUT2D eigenvalue weighted by atomic mass is 10.2. The van der Waals surface area contributed by atoms with E-state index in [2.05, 4.69) is 39.5 Å². The van der Waals surface area contributed by atoms with Crippen molar-refractivity contribution in [3.8, 4) is 0 Å². The summed E-state index contributed by atoms with van der Waals surface area (Å²) in [7, 11) is 0. The minimum atomic E-state index is 0.0241. The second-order valence-electron chi connectivity index (χ2n) is 6.15. The fourth-order valence-electron chi connectivity index (χ4n) is 3.30. The van der Waals surface area contributed by atoms with Gasteiger partial charge in [-0.05, 0) is 36.1 Å². The molecule has 2 fully saturated rings. The van der Waals surface area contributed by atoms with Gasteiger partial charge < -0.3 is 9.47 Å². The number of piperidine rings is 1.